The lowest BCUT2D eigenvalue weighted by molar-refractivity contribution is -0.139. The van der Waals surface area contributed by atoms with Crippen molar-refractivity contribution in [2.45, 2.75) is 32.4 Å². The fraction of sp³-hybridized carbons (Fsp3) is 0.474. The van der Waals surface area contributed by atoms with Crippen LogP contribution in [0.15, 0.2) is 41.4 Å². The zero-order valence-electron chi connectivity index (χ0n) is 15.5. The van der Waals surface area contributed by atoms with E-state index in [1.807, 2.05) is 39.0 Å². The minimum atomic E-state index is -0.840. The lowest BCUT2D eigenvalue weighted by atomic mass is 10.0. The zero-order chi connectivity index (χ0) is 19.7. The molecule has 0 fully saturated rings. The van der Waals surface area contributed by atoms with Gasteiger partial charge in [0.15, 0.2) is 0 Å². The van der Waals surface area contributed by atoms with E-state index in [2.05, 4.69) is 27.8 Å². The second-order valence-corrected chi connectivity index (χ2v) is 7.59. The first kappa shape index (κ1) is 22.3. The van der Waals surface area contributed by atoms with Crippen molar-refractivity contribution in [3.63, 3.8) is 0 Å². The van der Waals surface area contributed by atoms with Gasteiger partial charge < -0.3 is 20.1 Å². The first-order valence-electron chi connectivity index (χ1n) is 8.39. The van der Waals surface area contributed by atoms with Gasteiger partial charge in [0.1, 0.15) is 6.04 Å². The molecular weight excluding hydrogens is 400 g/mol. The highest BCUT2D eigenvalue weighted by molar-refractivity contribution is 9.10. The van der Waals surface area contributed by atoms with Crippen molar-refractivity contribution in [3.05, 3.63) is 47.0 Å². The van der Waals surface area contributed by atoms with E-state index in [9.17, 15) is 9.59 Å². The number of halogens is 1. The van der Waals surface area contributed by atoms with Crippen molar-refractivity contribution < 1.29 is 19.4 Å². The molecule has 0 aromatic heterocycles. The van der Waals surface area contributed by atoms with Crippen LogP contribution in [0.2, 0.25) is 0 Å². The molecule has 1 unspecified atom stereocenters. The minimum absolute atomic E-state index is 0.104. The minimum Gasteiger partial charge on any atom is -0.394 e. The summed E-state index contributed by atoms with van der Waals surface area (Å²) in [5.74, 6) is -0.663. The zero-order valence-corrected chi connectivity index (χ0v) is 17.1. The molecule has 0 saturated heterocycles. The summed E-state index contributed by atoms with van der Waals surface area (Å²) in [7, 11) is 0. The third-order valence-electron chi connectivity index (χ3n) is 3.43. The Balaban J connectivity index is 3.24. The van der Waals surface area contributed by atoms with Crippen molar-refractivity contribution in [3.8, 4) is 0 Å². The summed E-state index contributed by atoms with van der Waals surface area (Å²) in [6.45, 7) is 9.64. The van der Waals surface area contributed by atoms with Crippen LogP contribution in [0.4, 0.5) is 0 Å². The molecule has 1 rings (SSSR count). The number of hydrogen-bond acceptors (Lipinski definition) is 4. The van der Waals surface area contributed by atoms with Gasteiger partial charge >= 0.3 is 0 Å². The number of amides is 2. The molecule has 0 saturated carbocycles. The van der Waals surface area contributed by atoms with E-state index in [0.717, 1.165) is 4.47 Å². The molecule has 6 nitrogen and oxygen atoms in total. The average molecular weight is 427 g/mol. The van der Waals surface area contributed by atoms with Gasteiger partial charge in [0.05, 0.1) is 19.8 Å². The quantitative estimate of drug-likeness (QED) is 0.469. The smallest absolute Gasteiger partial charge is 0.247 e. The number of nitrogens with zero attached hydrogens (tertiary/aromatic N) is 1. The van der Waals surface area contributed by atoms with E-state index in [4.69, 9.17) is 9.84 Å². The van der Waals surface area contributed by atoms with Crippen LogP contribution < -0.4 is 5.32 Å². The van der Waals surface area contributed by atoms with Crippen LogP contribution in [0.5, 0.6) is 0 Å². The van der Waals surface area contributed by atoms with Crippen molar-refractivity contribution >= 4 is 27.7 Å². The summed E-state index contributed by atoms with van der Waals surface area (Å²) in [6.07, 6.45) is 1.18. The molecule has 0 bridgehead atoms. The Morgan fingerprint density at radius 1 is 1.35 bits per heavy atom. The van der Waals surface area contributed by atoms with Gasteiger partial charge in [0, 0.05) is 16.6 Å². The summed E-state index contributed by atoms with van der Waals surface area (Å²) < 4.78 is 6.01. The van der Waals surface area contributed by atoms with Crippen molar-refractivity contribution in [1.29, 1.82) is 0 Å². The van der Waals surface area contributed by atoms with Crippen molar-refractivity contribution in [1.82, 2.24) is 10.2 Å². The number of aliphatic hydroxyl groups is 1. The van der Waals surface area contributed by atoms with Gasteiger partial charge in [-0.25, -0.2) is 0 Å². The Bertz CT molecular complexity index is 628. The van der Waals surface area contributed by atoms with Gasteiger partial charge in [-0.05, 0) is 38.5 Å². The van der Waals surface area contributed by atoms with E-state index in [1.165, 1.54) is 11.0 Å². The Kier molecular flexibility index (Phi) is 8.98. The molecule has 0 aliphatic carbocycles. The van der Waals surface area contributed by atoms with Gasteiger partial charge in [0.25, 0.3) is 0 Å². The largest absolute Gasteiger partial charge is 0.394 e. The number of carbonyl (C=O) groups is 2. The molecule has 1 aromatic carbocycles. The van der Waals surface area contributed by atoms with Crippen LogP contribution in [0.25, 0.3) is 0 Å². The van der Waals surface area contributed by atoms with Crippen LogP contribution >= 0.6 is 15.9 Å². The van der Waals surface area contributed by atoms with Gasteiger partial charge in [-0.15, -0.1) is 0 Å². The summed E-state index contributed by atoms with van der Waals surface area (Å²) in [5.41, 5.74) is 0.221. The number of carbonyl (C=O) groups excluding carboxylic acids is 2. The molecule has 7 heteroatoms. The summed E-state index contributed by atoms with van der Waals surface area (Å²) in [6, 6.07) is 6.45. The van der Waals surface area contributed by atoms with E-state index < -0.39 is 11.6 Å². The topological polar surface area (TPSA) is 78.9 Å². The fourth-order valence-electron chi connectivity index (χ4n) is 2.40. The number of aliphatic hydroxyl groups excluding tert-OH is 1. The second-order valence-electron chi connectivity index (χ2n) is 6.74. The van der Waals surface area contributed by atoms with Crippen molar-refractivity contribution in [2.24, 2.45) is 0 Å². The predicted octanol–water partition coefficient (Wildman–Crippen LogP) is 2.43. The highest BCUT2D eigenvalue weighted by Crippen LogP contribution is 2.29. The molecule has 1 aromatic rings. The molecule has 1 atom stereocenters. The molecule has 0 aliphatic rings. The third kappa shape index (κ3) is 6.90. The fourth-order valence-corrected chi connectivity index (χ4v) is 2.90. The van der Waals surface area contributed by atoms with E-state index in [1.54, 1.807) is 6.07 Å². The molecule has 0 radical (unpaired) electrons. The van der Waals surface area contributed by atoms with Gasteiger partial charge in [0.2, 0.25) is 11.8 Å². The average Bonchev–Trinajstić information content (AvgIpc) is 2.56. The van der Waals surface area contributed by atoms with Crippen molar-refractivity contribution in [2.75, 3.05) is 26.4 Å². The molecule has 26 heavy (non-hydrogen) atoms. The molecule has 2 amide bonds. The maximum absolute atomic E-state index is 13.0. The number of benzene rings is 1. The van der Waals surface area contributed by atoms with E-state index >= 15 is 0 Å². The highest BCUT2D eigenvalue weighted by Gasteiger charge is 2.33. The van der Waals surface area contributed by atoms with Gasteiger partial charge in [-0.2, -0.15) is 0 Å². The Morgan fingerprint density at radius 3 is 2.54 bits per heavy atom. The summed E-state index contributed by atoms with van der Waals surface area (Å²) in [4.78, 5) is 26.9. The van der Waals surface area contributed by atoms with Gasteiger partial charge in [-0.1, -0.05) is 40.7 Å². The standard InChI is InChI=1S/C19H27BrN2O4/c1-5-16(24)22(10-12-26-13-11-23)17(18(25)21-19(2,3)4)14-8-6-7-9-15(14)20/h5-9,17,23H,1,10-13H2,2-4H3,(H,21,25). The monoisotopic (exact) mass is 426 g/mol. The normalized spacial score (nSPS) is 12.3. The summed E-state index contributed by atoms with van der Waals surface area (Å²) >= 11 is 3.47. The molecule has 0 spiro atoms. The van der Waals surface area contributed by atoms with Crippen LogP contribution in [0.3, 0.4) is 0 Å². The maximum Gasteiger partial charge on any atom is 0.247 e. The molecule has 144 valence electrons. The number of nitrogens with one attached hydrogen (secondary N) is 1. The van der Waals surface area contributed by atoms with Crippen LogP contribution in [-0.2, 0) is 14.3 Å². The molecular formula is C19H27BrN2O4. The second kappa shape index (κ2) is 10.4. The molecule has 0 heterocycles. The number of rotatable bonds is 9. The molecule has 2 N–H and O–H groups in total. The lowest BCUT2D eigenvalue weighted by Gasteiger charge is -2.33. The maximum atomic E-state index is 13.0. The van der Waals surface area contributed by atoms with Gasteiger partial charge in [-0.3, -0.25) is 9.59 Å². The summed E-state index contributed by atoms with van der Waals surface area (Å²) in [5, 5.41) is 11.8. The predicted molar refractivity (Wildman–Crippen MR) is 105 cm³/mol. The SMILES string of the molecule is C=CC(=O)N(CCOCCO)C(C(=O)NC(C)(C)C)c1ccccc1Br. The Morgan fingerprint density at radius 2 is 2.00 bits per heavy atom. The Labute approximate surface area is 163 Å². The number of ether oxygens (including phenoxy) is 1. The van der Waals surface area contributed by atoms with Crippen LogP contribution in [0, 0.1) is 0 Å². The van der Waals surface area contributed by atoms with E-state index in [0.29, 0.717) is 5.56 Å². The highest BCUT2D eigenvalue weighted by atomic mass is 79.9. The number of hydrogen-bond donors (Lipinski definition) is 2. The van der Waals surface area contributed by atoms with Crippen LogP contribution in [0.1, 0.15) is 32.4 Å². The van der Waals surface area contributed by atoms with E-state index in [-0.39, 0.29) is 38.2 Å². The van der Waals surface area contributed by atoms with Crippen LogP contribution in [-0.4, -0.2) is 53.7 Å². The first-order chi connectivity index (χ1) is 12.2. The Hall–Kier alpha value is -1.70. The lowest BCUT2D eigenvalue weighted by Crippen LogP contribution is -2.49. The third-order valence-corrected chi connectivity index (χ3v) is 4.15. The first-order valence-corrected chi connectivity index (χ1v) is 9.18. The molecule has 0 aliphatic heterocycles.